The van der Waals surface area contributed by atoms with Crippen molar-refractivity contribution in [1.82, 2.24) is 14.5 Å². The van der Waals surface area contributed by atoms with Crippen molar-refractivity contribution in [2.45, 2.75) is 52.2 Å². The van der Waals surface area contributed by atoms with Crippen molar-refractivity contribution in [3.8, 4) is 5.75 Å². The van der Waals surface area contributed by atoms with Gasteiger partial charge in [0.2, 0.25) is 11.8 Å². The Bertz CT molecular complexity index is 1140. The summed E-state index contributed by atoms with van der Waals surface area (Å²) in [6.07, 6.45) is 1.04. The summed E-state index contributed by atoms with van der Waals surface area (Å²) in [5.41, 5.74) is 0.873. The number of carbonyl (C=O) groups is 2. The average molecular weight is 537 g/mol. The summed E-state index contributed by atoms with van der Waals surface area (Å²) in [6, 6.07) is 11.0. The Labute approximate surface area is 219 Å². The van der Waals surface area contributed by atoms with Gasteiger partial charge in [-0.2, -0.15) is 12.7 Å². The number of hydrogen-bond donors (Lipinski definition) is 1. The maximum Gasteiger partial charge on any atom is 0.304 e. The monoisotopic (exact) mass is 536 g/mol. The lowest BCUT2D eigenvalue weighted by molar-refractivity contribution is -0.140. The van der Waals surface area contributed by atoms with E-state index in [4.69, 9.17) is 4.74 Å². The Morgan fingerprint density at radius 2 is 1.59 bits per heavy atom. The molecule has 0 saturated carbocycles. The van der Waals surface area contributed by atoms with Crippen LogP contribution >= 0.6 is 0 Å². The lowest BCUT2D eigenvalue weighted by Gasteiger charge is -2.34. The smallest absolute Gasteiger partial charge is 0.304 e. The quantitative estimate of drug-likeness (QED) is 0.424. The van der Waals surface area contributed by atoms with Gasteiger partial charge in [-0.25, -0.2) is 8.70 Å². The molecule has 0 saturated heterocycles. The van der Waals surface area contributed by atoms with Crippen LogP contribution in [-0.2, 0) is 26.3 Å². The van der Waals surface area contributed by atoms with E-state index in [1.165, 1.54) is 31.1 Å². The first-order chi connectivity index (χ1) is 17.4. The number of nitrogens with one attached hydrogen (secondary N) is 1. The Hall–Kier alpha value is -3.18. The van der Waals surface area contributed by atoms with Crippen LogP contribution in [0, 0.1) is 5.82 Å². The first-order valence-corrected chi connectivity index (χ1v) is 13.5. The fourth-order valence-corrected chi connectivity index (χ4v) is 4.67. The predicted molar refractivity (Wildman–Crippen MR) is 142 cm³/mol. The summed E-state index contributed by atoms with van der Waals surface area (Å²) in [5, 5.41) is 2.93. The molecule has 0 aliphatic carbocycles. The zero-order valence-electron chi connectivity index (χ0n) is 22.3. The maximum atomic E-state index is 13.8. The van der Waals surface area contributed by atoms with Gasteiger partial charge < -0.3 is 15.0 Å². The number of carbonyl (C=O) groups excluding carboxylic acids is 2. The minimum absolute atomic E-state index is 0.0779. The third kappa shape index (κ3) is 7.90. The normalized spacial score (nSPS) is 13.1. The molecule has 0 spiro atoms. The number of methoxy groups -OCH3 is 1. The lowest BCUT2D eigenvalue weighted by Crippen LogP contribution is -2.54. The highest BCUT2D eigenvalue weighted by atomic mass is 32.2. The van der Waals surface area contributed by atoms with Gasteiger partial charge in [-0.3, -0.25) is 9.59 Å². The van der Waals surface area contributed by atoms with Crippen LogP contribution in [0.2, 0.25) is 0 Å². The highest BCUT2D eigenvalue weighted by Gasteiger charge is 2.34. The van der Waals surface area contributed by atoms with Crippen molar-refractivity contribution in [2.24, 2.45) is 0 Å². The summed E-state index contributed by atoms with van der Waals surface area (Å²) in [4.78, 5) is 28.3. The molecule has 0 aliphatic rings. The van der Waals surface area contributed by atoms with Gasteiger partial charge in [0.25, 0.3) is 0 Å². The van der Waals surface area contributed by atoms with E-state index < -0.39 is 34.5 Å². The molecule has 2 atom stereocenters. The molecule has 11 heteroatoms. The fourth-order valence-electron chi connectivity index (χ4n) is 3.61. The van der Waals surface area contributed by atoms with E-state index in [1.807, 2.05) is 13.8 Å². The molecule has 204 valence electrons. The average Bonchev–Trinajstić information content (AvgIpc) is 2.87. The van der Waals surface area contributed by atoms with E-state index in [2.05, 4.69) is 5.32 Å². The SMILES string of the molecule is CC[C@@H](C)NC(=O)[C@@H](CC)N(Cc1ccc(OC)cc1)C(=O)CN(c1ccc(F)cc1)S(=O)(=O)N(C)C. The largest absolute Gasteiger partial charge is 0.497 e. The van der Waals surface area contributed by atoms with Crippen LogP contribution in [0.1, 0.15) is 39.2 Å². The summed E-state index contributed by atoms with van der Waals surface area (Å²) < 4.78 is 47.0. The van der Waals surface area contributed by atoms with Crippen LogP contribution in [0.4, 0.5) is 10.1 Å². The predicted octanol–water partition coefficient (Wildman–Crippen LogP) is 3.17. The van der Waals surface area contributed by atoms with Crippen molar-refractivity contribution in [2.75, 3.05) is 32.1 Å². The second-order valence-corrected chi connectivity index (χ2v) is 11.0. The lowest BCUT2D eigenvalue weighted by atomic mass is 10.1. The van der Waals surface area contributed by atoms with Gasteiger partial charge in [-0.1, -0.05) is 26.0 Å². The number of rotatable bonds is 13. The molecular weight excluding hydrogens is 499 g/mol. The van der Waals surface area contributed by atoms with E-state index in [1.54, 1.807) is 38.3 Å². The third-order valence-corrected chi connectivity index (χ3v) is 7.85. The van der Waals surface area contributed by atoms with Crippen LogP contribution in [0.5, 0.6) is 5.75 Å². The van der Waals surface area contributed by atoms with Crippen molar-refractivity contribution in [3.05, 3.63) is 59.9 Å². The van der Waals surface area contributed by atoms with E-state index >= 15 is 0 Å². The summed E-state index contributed by atoms with van der Waals surface area (Å²) in [5.74, 6) is -0.784. The molecule has 0 aliphatic heterocycles. The number of ether oxygens (including phenoxy) is 1. The van der Waals surface area contributed by atoms with Gasteiger partial charge in [0, 0.05) is 26.7 Å². The van der Waals surface area contributed by atoms with Gasteiger partial charge in [0.15, 0.2) is 0 Å². The molecule has 2 amide bonds. The molecule has 2 aromatic carbocycles. The highest BCUT2D eigenvalue weighted by Crippen LogP contribution is 2.22. The van der Waals surface area contributed by atoms with Crippen molar-refractivity contribution >= 4 is 27.7 Å². The zero-order valence-corrected chi connectivity index (χ0v) is 23.1. The van der Waals surface area contributed by atoms with Gasteiger partial charge in [0.1, 0.15) is 24.2 Å². The summed E-state index contributed by atoms with van der Waals surface area (Å²) in [6.45, 7) is 5.12. The molecule has 2 aromatic rings. The highest BCUT2D eigenvalue weighted by molar-refractivity contribution is 7.90. The third-order valence-electron chi connectivity index (χ3n) is 6.03. The second kappa shape index (κ2) is 13.4. The zero-order chi connectivity index (χ0) is 27.8. The summed E-state index contributed by atoms with van der Waals surface area (Å²) in [7, 11) is 0.131. The second-order valence-electron chi connectivity index (χ2n) is 8.88. The standard InChI is InChI=1S/C26H37FN4O5S/c1-7-19(3)28-26(33)24(8-2)30(17-20-9-15-23(36-6)16-10-20)25(32)18-31(37(34,35)29(4)5)22-13-11-21(27)12-14-22/h9-16,19,24H,7-8,17-18H2,1-6H3,(H,28,33)/t19-,24-/m1/s1. The molecular formula is C26H37FN4O5S. The van der Waals surface area contributed by atoms with Gasteiger partial charge in [0.05, 0.1) is 12.8 Å². The Morgan fingerprint density at radius 1 is 1.00 bits per heavy atom. The van der Waals surface area contributed by atoms with Crippen LogP contribution < -0.4 is 14.4 Å². The number of anilines is 1. The van der Waals surface area contributed by atoms with Crippen molar-refractivity contribution < 1.29 is 27.1 Å². The Kier molecular flexibility index (Phi) is 10.9. The first-order valence-electron chi connectivity index (χ1n) is 12.1. The van der Waals surface area contributed by atoms with E-state index in [9.17, 15) is 22.4 Å². The molecule has 0 bridgehead atoms. The van der Waals surface area contributed by atoms with Crippen molar-refractivity contribution in [3.63, 3.8) is 0 Å². The molecule has 0 heterocycles. The minimum atomic E-state index is -4.11. The van der Waals surface area contributed by atoms with Gasteiger partial charge in [-0.05, 0) is 61.7 Å². The molecule has 0 fully saturated rings. The molecule has 37 heavy (non-hydrogen) atoms. The van der Waals surface area contributed by atoms with E-state index in [0.717, 1.165) is 26.3 Å². The topological polar surface area (TPSA) is 99.3 Å². The molecule has 0 unspecified atom stereocenters. The van der Waals surface area contributed by atoms with Gasteiger partial charge in [-0.15, -0.1) is 0 Å². The Morgan fingerprint density at radius 3 is 2.08 bits per heavy atom. The number of halogens is 1. The minimum Gasteiger partial charge on any atom is -0.497 e. The molecule has 9 nitrogen and oxygen atoms in total. The molecule has 1 N–H and O–H groups in total. The van der Waals surface area contributed by atoms with Crippen LogP contribution in [-0.4, -0.2) is 69.3 Å². The van der Waals surface area contributed by atoms with E-state index in [0.29, 0.717) is 18.6 Å². The van der Waals surface area contributed by atoms with Crippen LogP contribution in [0.25, 0.3) is 0 Å². The molecule has 0 aromatic heterocycles. The maximum absolute atomic E-state index is 13.8. The van der Waals surface area contributed by atoms with Gasteiger partial charge >= 0.3 is 10.2 Å². The number of benzene rings is 2. The number of hydrogen-bond acceptors (Lipinski definition) is 5. The molecule has 2 rings (SSSR count). The summed E-state index contributed by atoms with van der Waals surface area (Å²) >= 11 is 0. The fraction of sp³-hybridized carbons (Fsp3) is 0.462. The van der Waals surface area contributed by atoms with E-state index in [-0.39, 0.29) is 24.2 Å². The Balaban J connectivity index is 2.49. The van der Waals surface area contributed by atoms with Crippen molar-refractivity contribution in [1.29, 1.82) is 0 Å². The van der Waals surface area contributed by atoms with Crippen LogP contribution in [0.3, 0.4) is 0 Å². The number of nitrogens with zero attached hydrogens (tertiary/aromatic N) is 3. The molecule has 0 radical (unpaired) electrons. The van der Waals surface area contributed by atoms with Crippen LogP contribution in [0.15, 0.2) is 48.5 Å². The first kappa shape index (κ1) is 30.0. The number of amides is 2.